The molecule has 2 rings (SSSR count). The Morgan fingerprint density at radius 2 is 1.91 bits per heavy atom. The van der Waals surface area contributed by atoms with Crippen LogP contribution in [0.3, 0.4) is 0 Å². The zero-order valence-corrected chi connectivity index (χ0v) is 14.5. The topological polar surface area (TPSA) is 53.4 Å². The summed E-state index contributed by atoms with van der Waals surface area (Å²) in [7, 11) is 0. The van der Waals surface area contributed by atoms with Gasteiger partial charge in [0.25, 0.3) is 5.91 Å². The number of aliphatic hydroxyl groups is 1. The van der Waals surface area contributed by atoms with Crippen molar-refractivity contribution in [1.82, 2.24) is 9.88 Å². The third kappa shape index (κ3) is 4.14. The fraction of sp³-hybridized carbons (Fsp3) is 0.412. The summed E-state index contributed by atoms with van der Waals surface area (Å²) in [6, 6.07) is 6.03. The number of aliphatic hydroxyl groups excluding tert-OH is 1. The molecule has 1 N–H and O–H groups in total. The lowest BCUT2D eigenvalue weighted by Gasteiger charge is -2.27. The van der Waals surface area contributed by atoms with Crippen molar-refractivity contribution < 1.29 is 14.3 Å². The second-order valence-electron chi connectivity index (χ2n) is 5.84. The van der Waals surface area contributed by atoms with Crippen molar-refractivity contribution >= 4 is 17.2 Å². The van der Waals surface area contributed by atoms with Gasteiger partial charge in [-0.2, -0.15) is 0 Å². The van der Waals surface area contributed by atoms with Crippen molar-refractivity contribution in [3.8, 4) is 10.6 Å². The van der Waals surface area contributed by atoms with Gasteiger partial charge in [-0.1, -0.05) is 0 Å². The summed E-state index contributed by atoms with van der Waals surface area (Å²) in [4.78, 5) is 19.4. The predicted molar refractivity (Wildman–Crippen MR) is 90.1 cm³/mol. The molecule has 1 aromatic carbocycles. The van der Waals surface area contributed by atoms with Gasteiger partial charge in [0, 0.05) is 18.2 Å². The Bertz CT molecular complexity index is 680. The number of aromatic nitrogens is 1. The first-order chi connectivity index (χ1) is 10.8. The second kappa shape index (κ2) is 7.19. The molecule has 0 aliphatic carbocycles. The van der Waals surface area contributed by atoms with Gasteiger partial charge in [0.1, 0.15) is 15.7 Å². The Morgan fingerprint density at radius 1 is 1.30 bits per heavy atom. The number of amides is 1. The number of carbonyl (C=O) groups excluding carboxylic acids is 1. The van der Waals surface area contributed by atoms with E-state index < -0.39 is 6.10 Å². The molecule has 124 valence electrons. The van der Waals surface area contributed by atoms with Crippen molar-refractivity contribution in [2.45, 2.75) is 39.8 Å². The van der Waals surface area contributed by atoms with Crippen LogP contribution in [0.15, 0.2) is 24.3 Å². The van der Waals surface area contributed by atoms with Gasteiger partial charge in [0.2, 0.25) is 0 Å². The third-order valence-electron chi connectivity index (χ3n) is 3.43. The fourth-order valence-corrected chi connectivity index (χ4v) is 3.28. The molecule has 1 unspecified atom stereocenters. The van der Waals surface area contributed by atoms with Crippen molar-refractivity contribution in [2.75, 3.05) is 6.54 Å². The van der Waals surface area contributed by atoms with Crippen LogP contribution in [0.4, 0.5) is 4.39 Å². The zero-order chi connectivity index (χ0) is 17.1. The molecule has 0 saturated heterocycles. The summed E-state index contributed by atoms with van der Waals surface area (Å²) in [6.45, 7) is 7.55. The Kier molecular flexibility index (Phi) is 5.49. The number of hydrogen-bond donors (Lipinski definition) is 1. The summed E-state index contributed by atoms with van der Waals surface area (Å²) in [5.74, 6) is -0.439. The Morgan fingerprint density at radius 3 is 2.43 bits per heavy atom. The van der Waals surface area contributed by atoms with Crippen LogP contribution < -0.4 is 0 Å². The smallest absolute Gasteiger partial charge is 0.266 e. The summed E-state index contributed by atoms with van der Waals surface area (Å²) < 4.78 is 13.0. The Labute approximate surface area is 139 Å². The van der Waals surface area contributed by atoms with Crippen LogP contribution in [0.5, 0.6) is 0 Å². The van der Waals surface area contributed by atoms with Crippen molar-refractivity contribution in [3.63, 3.8) is 0 Å². The predicted octanol–water partition coefficient (Wildman–Crippen LogP) is 3.49. The van der Waals surface area contributed by atoms with Gasteiger partial charge in [-0.25, -0.2) is 9.37 Å². The summed E-state index contributed by atoms with van der Waals surface area (Å²) >= 11 is 1.29. The molecular weight excluding hydrogens is 315 g/mol. The molecule has 6 heteroatoms. The van der Waals surface area contributed by atoms with Gasteiger partial charge in [-0.15, -0.1) is 11.3 Å². The first-order valence-electron chi connectivity index (χ1n) is 7.52. The molecule has 0 spiro atoms. The summed E-state index contributed by atoms with van der Waals surface area (Å²) in [5.41, 5.74) is 1.43. The van der Waals surface area contributed by atoms with Crippen LogP contribution in [0, 0.1) is 12.7 Å². The molecule has 0 aliphatic heterocycles. The van der Waals surface area contributed by atoms with E-state index in [0.717, 1.165) is 5.56 Å². The summed E-state index contributed by atoms with van der Waals surface area (Å²) in [6.07, 6.45) is -0.592. The second-order valence-corrected chi connectivity index (χ2v) is 6.84. The maximum Gasteiger partial charge on any atom is 0.266 e. The molecule has 0 saturated carbocycles. The van der Waals surface area contributed by atoms with Gasteiger partial charge < -0.3 is 10.0 Å². The van der Waals surface area contributed by atoms with Gasteiger partial charge in [0.05, 0.1) is 11.8 Å². The van der Waals surface area contributed by atoms with Gasteiger partial charge in [0.15, 0.2) is 0 Å². The van der Waals surface area contributed by atoms with E-state index in [1.807, 2.05) is 13.8 Å². The summed E-state index contributed by atoms with van der Waals surface area (Å²) in [5, 5.41) is 10.3. The lowest BCUT2D eigenvalue weighted by atomic mass is 10.2. The highest BCUT2D eigenvalue weighted by atomic mass is 32.1. The number of thiazole rings is 1. The minimum Gasteiger partial charge on any atom is -0.392 e. The highest BCUT2D eigenvalue weighted by Gasteiger charge is 2.24. The van der Waals surface area contributed by atoms with E-state index in [9.17, 15) is 14.3 Å². The minimum atomic E-state index is -0.592. The highest BCUT2D eigenvalue weighted by Crippen LogP contribution is 2.29. The quantitative estimate of drug-likeness (QED) is 0.909. The van der Waals surface area contributed by atoms with E-state index >= 15 is 0 Å². The molecule has 0 aliphatic rings. The minimum absolute atomic E-state index is 0.0205. The first-order valence-corrected chi connectivity index (χ1v) is 8.33. The molecule has 1 aromatic heterocycles. The van der Waals surface area contributed by atoms with Crippen LogP contribution in [-0.2, 0) is 0 Å². The molecule has 0 bridgehead atoms. The average molecular weight is 336 g/mol. The molecule has 1 heterocycles. The lowest BCUT2D eigenvalue weighted by molar-refractivity contribution is 0.0582. The lowest BCUT2D eigenvalue weighted by Crippen LogP contribution is -2.41. The van der Waals surface area contributed by atoms with E-state index in [1.54, 1.807) is 30.9 Å². The average Bonchev–Trinajstić information content (AvgIpc) is 2.86. The number of halogens is 1. The Hall–Kier alpha value is -1.79. The molecule has 4 nitrogen and oxygen atoms in total. The van der Waals surface area contributed by atoms with Gasteiger partial charge in [-0.3, -0.25) is 4.79 Å². The number of nitrogens with zero attached hydrogens (tertiary/aromatic N) is 2. The number of benzene rings is 1. The fourth-order valence-electron chi connectivity index (χ4n) is 2.25. The standard InChI is InChI=1S/C17H21FN2O2S/c1-10(2)20(9-11(3)21)17(22)15-12(4)19-16(23-15)13-5-7-14(18)8-6-13/h5-8,10-11,21H,9H2,1-4H3. The monoisotopic (exact) mass is 336 g/mol. The number of rotatable bonds is 5. The van der Waals surface area contributed by atoms with Gasteiger partial charge in [-0.05, 0) is 52.0 Å². The largest absolute Gasteiger partial charge is 0.392 e. The van der Waals surface area contributed by atoms with E-state index in [2.05, 4.69) is 4.98 Å². The van der Waals surface area contributed by atoms with Crippen molar-refractivity contribution in [1.29, 1.82) is 0 Å². The molecule has 1 atom stereocenters. The number of aryl methyl sites for hydroxylation is 1. The molecule has 1 amide bonds. The molecule has 0 radical (unpaired) electrons. The van der Waals surface area contributed by atoms with E-state index in [0.29, 0.717) is 15.6 Å². The van der Waals surface area contributed by atoms with Gasteiger partial charge >= 0.3 is 0 Å². The normalized spacial score (nSPS) is 12.5. The van der Waals surface area contributed by atoms with Crippen LogP contribution in [-0.4, -0.2) is 39.6 Å². The van der Waals surface area contributed by atoms with E-state index in [1.165, 1.54) is 23.5 Å². The van der Waals surface area contributed by atoms with E-state index in [-0.39, 0.29) is 24.3 Å². The van der Waals surface area contributed by atoms with E-state index in [4.69, 9.17) is 0 Å². The van der Waals surface area contributed by atoms with Crippen molar-refractivity contribution in [3.05, 3.63) is 40.7 Å². The number of hydrogen-bond acceptors (Lipinski definition) is 4. The molecular formula is C17H21FN2O2S. The van der Waals surface area contributed by atoms with Crippen LogP contribution >= 0.6 is 11.3 Å². The van der Waals surface area contributed by atoms with Crippen molar-refractivity contribution in [2.24, 2.45) is 0 Å². The number of carbonyl (C=O) groups is 1. The first kappa shape index (κ1) is 17.6. The molecule has 23 heavy (non-hydrogen) atoms. The Balaban J connectivity index is 2.32. The van der Waals surface area contributed by atoms with Crippen LogP contribution in [0.25, 0.3) is 10.6 Å². The highest BCUT2D eigenvalue weighted by molar-refractivity contribution is 7.17. The molecule has 0 fully saturated rings. The maximum absolute atomic E-state index is 13.0. The van der Waals surface area contributed by atoms with Crippen LogP contribution in [0.1, 0.15) is 36.1 Å². The van der Waals surface area contributed by atoms with Crippen LogP contribution in [0.2, 0.25) is 0 Å². The molecule has 2 aromatic rings. The SMILES string of the molecule is Cc1nc(-c2ccc(F)cc2)sc1C(=O)N(CC(C)O)C(C)C. The third-order valence-corrected chi connectivity index (χ3v) is 4.62. The maximum atomic E-state index is 13.0. The zero-order valence-electron chi connectivity index (χ0n) is 13.7.